The Kier molecular flexibility index (Phi) is 4.50. The summed E-state index contributed by atoms with van der Waals surface area (Å²) in [5.41, 5.74) is 2.08. The molecule has 0 heterocycles. The lowest BCUT2D eigenvalue weighted by Gasteiger charge is -2.02. The van der Waals surface area contributed by atoms with Crippen LogP contribution in [0.5, 0.6) is 0 Å². The summed E-state index contributed by atoms with van der Waals surface area (Å²) in [5.74, 6) is 0. The molecule has 0 aliphatic heterocycles. The van der Waals surface area contributed by atoms with Gasteiger partial charge < -0.3 is 0 Å². The van der Waals surface area contributed by atoms with Crippen LogP contribution in [-0.4, -0.2) is 0 Å². The van der Waals surface area contributed by atoms with E-state index >= 15 is 0 Å². The van der Waals surface area contributed by atoms with E-state index in [0.29, 0.717) is 20.6 Å². The highest BCUT2D eigenvalue weighted by atomic mass is 35.5. The topological polar surface area (TPSA) is 23.8 Å². The van der Waals surface area contributed by atoms with Crippen molar-refractivity contribution in [2.75, 3.05) is 0 Å². The van der Waals surface area contributed by atoms with Crippen LogP contribution in [0, 0.1) is 11.3 Å². The second-order valence-electron chi connectivity index (χ2n) is 3.85. The Morgan fingerprint density at radius 3 is 2.42 bits per heavy atom. The van der Waals surface area contributed by atoms with Crippen LogP contribution in [0.15, 0.2) is 42.5 Å². The third-order valence-corrected chi connectivity index (χ3v) is 3.48. The van der Waals surface area contributed by atoms with Gasteiger partial charge in [0.1, 0.15) is 0 Å². The van der Waals surface area contributed by atoms with Gasteiger partial charge in [0.05, 0.1) is 21.7 Å². The molecule has 0 N–H and O–H groups in total. The molecule has 0 fully saturated rings. The number of allylic oxidation sites excluding steroid dienone is 1. The van der Waals surface area contributed by atoms with Gasteiger partial charge in [-0.25, -0.2) is 0 Å². The Hall–Kier alpha value is -1.46. The van der Waals surface area contributed by atoms with E-state index in [2.05, 4.69) is 6.07 Å². The molecule has 94 valence electrons. The average molecular weight is 309 g/mol. The Bertz CT molecular complexity index is 684. The molecular weight excluding hydrogens is 301 g/mol. The quantitative estimate of drug-likeness (QED) is 0.515. The van der Waals surface area contributed by atoms with Crippen LogP contribution in [0.25, 0.3) is 11.6 Å². The summed E-state index contributed by atoms with van der Waals surface area (Å²) in [6.07, 6.45) is 1.76. The van der Waals surface area contributed by atoms with Crippen LogP contribution in [0.1, 0.15) is 11.1 Å². The molecule has 0 saturated carbocycles. The van der Waals surface area contributed by atoms with Crippen molar-refractivity contribution in [1.29, 1.82) is 5.26 Å². The fraction of sp³-hybridized carbons (Fsp3) is 0. The minimum Gasteiger partial charge on any atom is -0.192 e. The lowest BCUT2D eigenvalue weighted by atomic mass is 10.0. The summed E-state index contributed by atoms with van der Waals surface area (Å²) in [6, 6.07) is 14.5. The van der Waals surface area contributed by atoms with Gasteiger partial charge >= 0.3 is 0 Å². The van der Waals surface area contributed by atoms with E-state index < -0.39 is 0 Å². The van der Waals surface area contributed by atoms with Gasteiger partial charge in [0.15, 0.2) is 0 Å². The molecule has 4 heteroatoms. The number of benzene rings is 2. The lowest BCUT2D eigenvalue weighted by molar-refractivity contribution is 1.52. The molecule has 19 heavy (non-hydrogen) atoms. The maximum Gasteiger partial charge on any atom is 0.0998 e. The molecule has 0 radical (unpaired) electrons. The van der Waals surface area contributed by atoms with Gasteiger partial charge in [-0.2, -0.15) is 5.26 Å². The first kappa shape index (κ1) is 14.0. The minimum absolute atomic E-state index is 0.423. The van der Waals surface area contributed by atoms with E-state index in [4.69, 9.17) is 34.8 Å². The molecule has 0 atom stereocenters. The highest BCUT2D eigenvalue weighted by Crippen LogP contribution is 2.27. The summed E-state index contributed by atoms with van der Waals surface area (Å²) < 4.78 is 0. The predicted octanol–water partition coefficient (Wildman–Crippen LogP) is 5.71. The molecule has 0 spiro atoms. The summed E-state index contributed by atoms with van der Waals surface area (Å²) >= 11 is 17.7. The molecule has 0 saturated heterocycles. The Balaban J connectivity index is 2.45. The van der Waals surface area contributed by atoms with Gasteiger partial charge in [-0.3, -0.25) is 0 Å². The van der Waals surface area contributed by atoms with Crippen molar-refractivity contribution in [3.05, 3.63) is 68.7 Å². The van der Waals surface area contributed by atoms with Crippen molar-refractivity contribution in [3.63, 3.8) is 0 Å². The number of hydrogen-bond acceptors (Lipinski definition) is 1. The molecule has 2 rings (SSSR count). The van der Waals surface area contributed by atoms with Crippen molar-refractivity contribution in [2.45, 2.75) is 0 Å². The zero-order chi connectivity index (χ0) is 13.8. The largest absolute Gasteiger partial charge is 0.192 e. The monoisotopic (exact) mass is 307 g/mol. The summed E-state index contributed by atoms with van der Waals surface area (Å²) in [6.45, 7) is 0. The van der Waals surface area contributed by atoms with Gasteiger partial charge in [0, 0.05) is 5.02 Å². The van der Waals surface area contributed by atoms with Crippen LogP contribution in [0.4, 0.5) is 0 Å². The first-order chi connectivity index (χ1) is 9.10. The summed E-state index contributed by atoms with van der Waals surface area (Å²) in [7, 11) is 0. The number of nitrogens with zero attached hydrogens (tertiary/aromatic N) is 1. The second kappa shape index (κ2) is 6.12. The fourth-order valence-corrected chi connectivity index (χ4v) is 2.10. The molecular formula is C15H8Cl3N. The SMILES string of the molecule is N#C/C(=C\c1cccc(Cl)c1)c1ccc(Cl)c(Cl)c1. The Morgan fingerprint density at radius 1 is 1.00 bits per heavy atom. The van der Waals surface area contributed by atoms with Gasteiger partial charge in [-0.15, -0.1) is 0 Å². The van der Waals surface area contributed by atoms with E-state index in [0.717, 1.165) is 11.1 Å². The maximum atomic E-state index is 9.24. The first-order valence-electron chi connectivity index (χ1n) is 5.43. The third-order valence-electron chi connectivity index (χ3n) is 2.51. The summed E-state index contributed by atoms with van der Waals surface area (Å²) in [4.78, 5) is 0. The smallest absolute Gasteiger partial charge is 0.0998 e. The predicted molar refractivity (Wildman–Crippen MR) is 81.4 cm³/mol. The first-order valence-corrected chi connectivity index (χ1v) is 6.56. The van der Waals surface area contributed by atoms with Gasteiger partial charge in [-0.1, -0.05) is 53.0 Å². The molecule has 0 aromatic heterocycles. The number of nitriles is 1. The standard InChI is InChI=1S/C15H8Cl3N/c16-13-3-1-2-10(7-13)6-12(9-19)11-4-5-14(17)15(18)8-11/h1-8H/b12-6+. The fourth-order valence-electron chi connectivity index (χ4n) is 1.61. The molecule has 0 aliphatic carbocycles. The highest BCUT2D eigenvalue weighted by molar-refractivity contribution is 6.42. The Morgan fingerprint density at radius 2 is 1.79 bits per heavy atom. The maximum absolute atomic E-state index is 9.24. The van der Waals surface area contributed by atoms with Crippen molar-refractivity contribution < 1.29 is 0 Å². The number of halogens is 3. The minimum atomic E-state index is 0.423. The third kappa shape index (κ3) is 3.52. The van der Waals surface area contributed by atoms with Crippen molar-refractivity contribution in [1.82, 2.24) is 0 Å². The normalized spacial score (nSPS) is 11.2. The lowest BCUT2D eigenvalue weighted by Crippen LogP contribution is -1.83. The van der Waals surface area contributed by atoms with Crippen molar-refractivity contribution in [3.8, 4) is 6.07 Å². The van der Waals surface area contributed by atoms with E-state index in [1.165, 1.54) is 0 Å². The van der Waals surface area contributed by atoms with E-state index in [9.17, 15) is 5.26 Å². The van der Waals surface area contributed by atoms with E-state index in [1.54, 1.807) is 36.4 Å². The second-order valence-corrected chi connectivity index (χ2v) is 5.10. The van der Waals surface area contributed by atoms with Crippen LogP contribution in [0.3, 0.4) is 0 Å². The molecule has 2 aromatic carbocycles. The number of hydrogen-bond donors (Lipinski definition) is 0. The van der Waals surface area contributed by atoms with Crippen molar-refractivity contribution >= 4 is 46.5 Å². The molecule has 0 bridgehead atoms. The average Bonchev–Trinajstić information content (AvgIpc) is 2.39. The van der Waals surface area contributed by atoms with E-state index in [-0.39, 0.29) is 0 Å². The molecule has 0 unspecified atom stereocenters. The zero-order valence-electron chi connectivity index (χ0n) is 9.70. The van der Waals surface area contributed by atoms with Crippen LogP contribution in [0.2, 0.25) is 15.1 Å². The van der Waals surface area contributed by atoms with Crippen LogP contribution >= 0.6 is 34.8 Å². The Labute approximate surface area is 126 Å². The van der Waals surface area contributed by atoms with Crippen LogP contribution in [-0.2, 0) is 0 Å². The van der Waals surface area contributed by atoms with E-state index in [1.807, 2.05) is 12.1 Å². The molecule has 0 amide bonds. The van der Waals surface area contributed by atoms with Gasteiger partial charge in [-0.05, 0) is 41.5 Å². The van der Waals surface area contributed by atoms with Gasteiger partial charge in [0.25, 0.3) is 0 Å². The highest BCUT2D eigenvalue weighted by Gasteiger charge is 2.04. The molecule has 2 aromatic rings. The van der Waals surface area contributed by atoms with Crippen molar-refractivity contribution in [2.24, 2.45) is 0 Å². The van der Waals surface area contributed by atoms with Gasteiger partial charge in [0.2, 0.25) is 0 Å². The number of rotatable bonds is 2. The summed E-state index contributed by atoms with van der Waals surface area (Å²) in [5, 5.41) is 10.8. The van der Waals surface area contributed by atoms with Crippen LogP contribution < -0.4 is 0 Å². The molecule has 0 aliphatic rings. The zero-order valence-corrected chi connectivity index (χ0v) is 12.0. The molecule has 1 nitrogen and oxygen atoms in total.